The van der Waals surface area contributed by atoms with Crippen LogP contribution in [0.5, 0.6) is 5.75 Å². The average molecular weight is 390 g/mol. The number of benzene rings is 1. The van der Waals surface area contributed by atoms with Crippen LogP contribution in [0.2, 0.25) is 5.02 Å². The maximum atomic E-state index is 12.5. The summed E-state index contributed by atoms with van der Waals surface area (Å²) in [6.07, 6.45) is 0. The Morgan fingerprint density at radius 1 is 1.46 bits per heavy atom. The number of hydrogen-bond donors (Lipinski definition) is 2. The van der Waals surface area contributed by atoms with Gasteiger partial charge in [0.15, 0.2) is 0 Å². The lowest BCUT2D eigenvalue weighted by Gasteiger charge is -2.16. The number of aromatic nitrogens is 1. The molecule has 10 heteroatoms. The molecule has 1 aromatic carbocycles. The van der Waals surface area contributed by atoms with Crippen molar-refractivity contribution in [2.45, 2.75) is 24.4 Å². The van der Waals surface area contributed by atoms with Gasteiger partial charge >= 0.3 is 0 Å². The fourth-order valence-electron chi connectivity index (χ4n) is 1.87. The number of carbonyl (C=O) groups is 1. The van der Waals surface area contributed by atoms with E-state index in [1.54, 1.807) is 10.9 Å². The molecule has 2 N–H and O–H groups in total. The zero-order valence-electron chi connectivity index (χ0n) is 12.9. The summed E-state index contributed by atoms with van der Waals surface area (Å²) in [6.45, 7) is 1.68. The summed E-state index contributed by atoms with van der Waals surface area (Å²) in [5, 5.41) is 4.66. The molecule has 0 fully saturated rings. The standard InChI is InChI=1S/C14H16ClN3O4S2/c1-9(14(19)16-6-11-7-23-8-17-11)18-24(20,21)13-5-10(15)3-4-12(13)22-2/h3-5,7-9,18H,6H2,1-2H3,(H,16,19)/t9-/m0/s1. The highest BCUT2D eigenvalue weighted by Crippen LogP contribution is 2.27. The number of hydrogen-bond acceptors (Lipinski definition) is 6. The molecule has 1 amide bonds. The highest BCUT2D eigenvalue weighted by molar-refractivity contribution is 7.89. The maximum absolute atomic E-state index is 12.5. The molecule has 0 saturated carbocycles. The molecular formula is C14H16ClN3O4S2. The Balaban J connectivity index is 2.07. The van der Waals surface area contributed by atoms with E-state index in [1.807, 2.05) is 0 Å². The first-order valence-corrected chi connectivity index (χ1v) is 9.64. The SMILES string of the molecule is COc1ccc(Cl)cc1S(=O)(=O)N[C@@H](C)C(=O)NCc1cscn1. The summed E-state index contributed by atoms with van der Waals surface area (Å²) in [4.78, 5) is 16.0. The molecule has 0 unspecified atom stereocenters. The Bertz CT molecular complexity index is 809. The summed E-state index contributed by atoms with van der Waals surface area (Å²) in [7, 11) is -2.62. The lowest BCUT2D eigenvalue weighted by atomic mass is 10.3. The number of sulfonamides is 1. The van der Waals surface area contributed by atoms with Gasteiger partial charge in [0.25, 0.3) is 0 Å². The molecule has 0 aliphatic carbocycles. The van der Waals surface area contributed by atoms with Gasteiger partial charge in [-0.3, -0.25) is 4.79 Å². The molecule has 0 bridgehead atoms. The third-order valence-corrected chi connectivity index (χ3v) is 5.50. The zero-order valence-corrected chi connectivity index (χ0v) is 15.3. The maximum Gasteiger partial charge on any atom is 0.245 e. The predicted octanol–water partition coefficient (Wildman–Crippen LogP) is 1.79. The van der Waals surface area contributed by atoms with E-state index < -0.39 is 22.0 Å². The van der Waals surface area contributed by atoms with Gasteiger partial charge in [0.2, 0.25) is 15.9 Å². The van der Waals surface area contributed by atoms with Gasteiger partial charge in [-0.05, 0) is 25.1 Å². The van der Waals surface area contributed by atoms with Gasteiger partial charge in [-0.25, -0.2) is 13.4 Å². The van der Waals surface area contributed by atoms with Crippen LogP contribution in [0.4, 0.5) is 0 Å². The summed E-state index contributed by atoms with van der Waals surface area (Å²) in [5.41, 5.74) is 2.36. The smallest absolute Gasteiger partial charge is 0.245 e. The molecule has 0 radical (unpaired) electrons. The molecule has 1 aromatic heterocycles. The molecule has 24 heavy (non-hydrogen) atoms. The molecule has 130 valence electrons. The lowest BCUT2D eigenvalue weighted by molar-refractivity contribution is -0.122. The van der Waals surface area contributed by atoms with Crippen molar-refractivity contribution in [1.29, 1.82) is 0 Å². The Morgan fingerprint density at radius 2 is 2.21 bits per heavy atom. The van der Waals surface area contributed by atoms with Crippen LogP contribution < -0.4 is 14.8 Å². The van der Waals surface area contributed by atoms with E-state index in [-0.39, 0.29) is 22.2 Å². The molecule has 0 aliphatic rings. The molecule has 1 heterocycles. The van der Waals surface area contributed by atoms with Crippen molar-refractivity contribution < 1.29 is 17.9 Å². The summed E-state index contributed by atoms with van der Waals surface area (Å²) < 4.78 is 32.3. The van der Waals surface area contributed by atoms with Gasteiger partial charge in [-0.2, -0.15) is 4.72 Å². The molecular weight excluding hydrogens is 374 g/mol. The Kier molecular flexibility index (Phi) is 6.16. The van der Waals surface area contributed by atoms with Crippen molar-refractivity contribution >= 4 is 38.9 Å². The highest BCUT2D eigenvalue weighted by atomic mass is 35.5. The number of methoxy groups -OCH3 is 1. The van der Waals surface area contributed by atoms with Gasteiger partial charge in [-0.1, -0.05) is 11.6 Å². The van der Waals surface area contributed by atoms with Crippen LogP contribution in [0.15, 0.2) is 34.0 Å². The van der Waals surface area contributed by atoms with Crippen LogP contribution in [-0.4, -0.2) is 32.5 Å². The zero-order chi connectivity index (χ0) is 17.7. The van der Waals surface area contributed by atoms with E-state index in [2.05, 4.69) is 15.0 Å². The second-order valence-corrected chi connectivity index (χ2v) is 7.67. The largest absolute Gasteiger partial charge is 0.495 e. The van der Waals surface area contributed by atoms with E-state index >= 15 is 0 Å². The molecule has 0 spiro atoms. The average Bonchev–Trinajstić information content (AvgIpc) is 3.05. The van der Waals surface area contributed by atoms with Crippen molar-refractivity contribution in [2.75, 3.05) is 7.11 Å². The number of ether oxygens (including phenoxy) is 1. The van der Waals surface area contributed by atoms with Crippen LogP contribution >= 0.6 is 22.9 Å². The van der Waals surface area contributed by atoms with Gasteiger partial charge in [-0.15, -0.1) is 11.3 Å². The van der Waals surface area contributed by atoms with E-state index in [0.717, 1.165) is 0 Å². The van der Waals surface area contributed by atoms with Crippen LogP contribution in [0.1, 0.15) is 12.6 Å². The number of rotatable bonds is 7. The second kappa shape index (κ2) is 7.93. The minimum atomic E-state index is -3.98. The first-order valence-electron chi connectivity index (χ1n) is 6.84. The van der Waals surface area contributed by atoms with Crippen molar-refractivity contribution in [2.24, 2.45) is 0 Å². The van der Waals surface area contributed by atoms with Gasteiger partial charge in [0, 0.05) is 10.4 Å². The quantitative estimate of drug-likeness (QED) is 0.752. The summed E-state index contributed by atoms with van der Waals surface area (Å²) >= 11 is 7.26. The summed E-state index contributed by atoms with van der Waals surface area (Å²) in [6, 6.07) is 3.26. The van der Waals surface area contributed by atoms with Crippen LogP contribution in [-0.2, 0) is 21.4 Å². The lowest BCUT2D eigenvalue weighted by Crippen LogP contribution is -2.44. The highest BCUT2D eigenvalue weighted by Gasteiger charge is 2.25. The van der Waals surface area contributed by atoms with Crippen molar-refractivity contribution in [3.05, 3.63) is 39.8 Å². The van der Waals surface area contributed by atoms with E-state index in [1.165, 1.54) is 43.6 Å². The van der Waals surface area contributed by atoms with E-state index in [9.17, 15) is 13.2 Å². The monoisotopic (exact) mass is 389 g/mol. The topological polar surface area (TPSA) is 97.4 Å². The fourth-order valence-corrected chi connectivity index (χ4v) is 4.06. The van der Waals surface area contributed by atoms with Gasteiger partial charge in [0.1, 0.15) is 10.6 Å². The van der Waals surface area contributed by atoms with Crippen molar-refractivity contribution in [1.82, 2.24) is 15.0 Å². The predicted molar refractivity (Wildman–Crippen MR) is 91.7 cm³/mol. The number of thiazole rings is 1. The number of carbonyl (C=O) groups excluding carboxylic acids is 1. The van der Waals surface area contributed by atoms with Gasteiger partial charge in [0.05, 0.1) is 30.9 Å². The van der Waals surface area contributed by atoms with Crippen LogP contribution in [0, 0.1) is 0 Å². The second-order valence-electron chi connectivity index (χ2n) is 4.84. The van der Waals surface area contributed by atoms with Crippen LogP contribution in [0.25, 0.3) is 0 Å². The number of nitrogens with zero attached hydrogens (tertiary/aromatic N) is 1. The first-order chi connectivity index (χ1) is 11.3. The normalized spacial score (nSPS) is 12.6. The third kappa shape index (κ3) is 4.67. The fraction of sp³-hybridized carbons (Fsp3) is 0.286. The number of halogens is 1. The number of nitrogens with one attached hydrogen (secondary N) is 2. The van der Waals surface area contributed by atoms with Crippen LogP contribution in [0.3, 0.4) is 0 Å². The summed E-state index contributed by atoms with van der Waals surface area (Å²) in [5.74, 6) is -0.324. The Hall–Kier alpha value is -1.68. The van der Waals surface area contributed by atoms with E-state index in [0.29, 0.717) is 5.69 Å². The molecule has 0 aliphatic heterocycles. The molecule has 7 nitrogen and oxygen atoms in total. The molecule has 2 rings (SSSR count). The molecule has 1 atom stereocenters. The van der Waals surface area contributed by atoms with Crippen molar-refractivity contribution in [3.63, 3.8) is 0 Å². The molecule has 2 aromatic rings. The number of amides is 1. The first kappa shape index (κ1) is 18.7. The minimum absolute atomic E-state index is 0.128. The van der Waals surface area contributed by atoms with Crippen molar-refractivity contribution in [3.8, 4) is 5.75 Å². The van der Waals surface area contributed by atoms with E-state index in [4.69, 9.17) is 16.3 Å². The Labute approximate surface area is 149 Å². The minimum Gasteiger partial charge on any atom is -0.495 e. The molecule has 0 saturated heterocycles. The van der Waals surface area contributed by atoms with Gasteiger partial charge < -0.3 is 10.1 Å². The Morgan fingerprint density at radius 3 is 2.83 bits per heavy atom. The third-order valence-electron chi connectivity index (χ3n) is 3.07.